The molecule has 0 unspecified atom stereocenters. The Morgan fingerprint density at radius 2 is 1.72 bits per heavy atom. The first-order valence-corrected chi connectivity index (χ1v) is 7.09. The molecule has 1 radical (unpaired) electrons. The van der Waals surface area contributed by atoms with E-state index < -0.39 is 0 Å². The Balaban J connectivity index is 2.62. The number of benzene rings is 1. The van der Waals surface area contributed by atoms with Crippen molar-refractivity contribution in [2.24, 2.45) is 0 Å². The number of unbranched alkanes of at least 4 members (excludes halogenated alkanes) is 2. The second-order valence-corrected chi connectivity index (χ2v) is 5.03. The van der Waals surface area contributed by atoms with Crippen molar-refractivity contribution in [3.05, 3.63) is 29.3 Å². The van der Waals surface area contributed by atoms with E-state index in [-0.39, 0.29) is 0 Å². The molecule has 0 aromatic heterocycles. The zero-order valence-corrected chi connectivity index (χ0v) is 12.0. The first-order valence-electron chi connectivity index (χ1n) is 7.09. The van der Waals surface area contributed by atoms with Gasteiger partial charge in [0.1, 0.15) is 5.75 Å². The molecule has 0 aliphatic heterocycles. The Morgan fingerprint density at radius 3 is 2.22 bits per heavy atom. The van der Waals surface area contributed by atoms with Gasteiger partial charge in [0.05, 0.1) is 0 Å². The summed E-state index contributed by atoms with van der Waals surface area (Å²) in [5.74, 6) is 0.354. The minimum Gasteiger partial charge on any atom is -0.508 e. The Morgan fingerprint density at radius 1 is 1.11 bits per heavy atom. The monoisotopic (exact) mass is 248 g/mol. The minimum atomic E-state index is 0.354. The zero-order valence-electron chi connectivity index (χ0n) is 12.0. The van der Waals surface area contributed by atoms with Crippen molar-refractivity contribution in [2.45, 2.75) is 53.0 Å². The van der Waals surface area contributed by atoms with Gasteiger partial charge in [0.15, 0.2) is 0 Å². The summed E-state index contributed by atoms with van der Waals surface area (Å²) < 4.78 is 0. The highest BCUT2D eigenvalue weighted by molar-refractivity contribution is 5.31. The van der Waals surface area contributed by atoms with Crippen molar-refractivity contribution in [2.75, 3.05) is 13.1 Å². The molecule has 0 amide bonds. The summed E-state index contributed by atoms with van der Waals surface area (Å²) >= 11 is 0. The predicted octanol–water partition coefficient (Wildman–Crippen LogP) is 3.90. The van der Waals surface area contributed by atoms with Crippen LogP contribution in [0.2, 0.25) is 0 Å². The quantitative estimate of drug-likeness (QED) is 0.754. The lowest BCUT2D eigenvalue weighted by Gasteiger charge is -2.22. The van der Waals surface area contributed by atoms with Gasteiger partial charge >= 0.3 is 0 Å². The van der Waals surface area contributed by atoms with Gasteiger partial charge in [-0.25, -0.2) is 0 Å². The third-order valence-corrected chi connectivity index (χ3v) is 3.09. The molecule has 1 N–H and O–H groups in total. The van der Waals surface area contributed by atoms with Crippen LogP contribution in [-0.2, 0) is 6.54 Å². The lowest BCUT2D eigenvalue weighted by molar-refractivity contribution is 0.256. The summed E-state index contributed by atoms with van der Waals surface area (Å²) in [5, 5.41) is 9.62. The second-order valence-electron chi connectivity index (χ2n) is 5.03. The molecule has 1 aromatic carbocycles. The van der Waals surface area contributed by atoms with Gasteiger partial charge in [0.2, 0.25) is 0 Å². The van der Waals surface area contributed by atoms with Crippen molar-refractivity contribution in [3.8, 4) is 5.75 Å². The Kier molecular flexibility index (Phi) is 6.81. The van der Waals surface area contributed by atoms with E-state index in [1.807, 2.05) is 13.0 Å². The van der Waals surface area contributed by atoms with Crippen LogP contribution in [0.4, 0.5) is 0 Å². The first kappa shape index (κ1) is 15.0. The standard InChI is InChI=1S/C16H26NO/c1-4-6-8-17(9-7-5-2)13-15-10-14(3)11-16(18)12-15/h11-12,18H,4-9,13H2,1-3H3. The van der Waals surface area contributed by atoms with Gasteiger partial charge in [0, 0.05) is 6.54 Å². The summed E-state index contributed by atoms with van der Waals surface area (Å²) in [6, 6.07) is 6.92. The van der Waals surface area contributed by atoms with E-state index in [4.69, 9.17) is 0 Å². The number of aromatic hydroxyl groups is 1. The maximum absolute atomic E-state index is 9.62. The largest absolute Gasteiger partial charge is 0.508 e. The highest BCUT2D eigenvalue weighted by Crippen LogP contribution is 2.16. The molecule has 0 bridgehead atoms. The molecule has 0 aliphatic carbocycles. The number of aryl methyl sites for hydroxylation is 1. The van der Waals surface area contributed by atoms with Crippen LogP contribution < -0.4 is 0 Å². The van der Waals surface area contributed by atoms with E-state index in [9.17, 15) is 5.11 Å². The summed E-state index contributed by atoms with van der Waals surface area (Å²) in [5.41, 5.74) is 2.11. The Hall–Kier alpha value is -1.02. The average molecular weight is 248 g/mol. The molecular formula is C16H26NO. The first-order chi connectivity index (χ1) is 8.65. The molecule has 1 rings (SSSR count). The fourth-order valence-electron chi connectivity index (χ4n) is 2.13. The molecule has 0 heterocycles. The van der Waals surface area contributed by atoms with Gasteiger partial charge in [-0.2, -0.15) is 0 Å². The number of phenols is 1. The van der Waals surface area contributed by atoms with Crippen molar-refractivity contribution >= 4 is 0 Å². The second kappa shape index (κ2) is 8.15. The van der Waals surface area contributed by atoms with Crippen LogP contribution in [0, 0.1) is 13.0 Å². The summed E-state index contributed by atoms with van der Waals surface area (Å²) in [6.45, 7) is 9.60. The van der Waals surface area contributed by atoms with E-state index in [2.05, 4.69) is 24.8 Å². The van der Waals surface area contributed by atoms with E-state index in [0.29, 0.717) is 5.75 Å². The van der Waals surface area contributed by atoms with Crippen LogP contribution in [0.15, 0.2) is 12.1 Å². The molecular weight excluding hydrogens is 222 g/mol. The number of rotatable bonds is 8. The average Bonchev–Trinajstić information content (AvgIpc) is 2.31. The molecule has 0 saturated heterocycles. The normalized spacial score (nSPS) is 11.1. The van der Waals surface area contributed by atoms with Crippen LogP contribution in [0.1, 0.15) is 50.7 Å². The Labute approximate surface area is 112 Å². The smallest absolute Gasteiger partial charge is 0.116 e. The lowest BCUT2D eigenvalue weighted by Crippen LogP contribution is -2.25. The molecule has 18 heavy (non-hydrogen) atoms. The highest BCUT2D eigenvalue weighted by Gasteiger charge is 2.06. The predicted molar refractivity (Wildman–Crippen MR) is 76.8 cm³/mol. The van der Waals surface area contributed by atoms with Crippen molar-refractivity contribution in [3.63, 3.8) is 0 Å². The van der Waals surface area contributed by atoms with Crippen molar-refractivity contribution < 1.29 is 5.11 Å². The Bertz CT molecular complexity index is 321. The molecule has 1 aromatic rings. The molecule has 0 saturated carbocycles. The number of nitrogens with zero attached hydrogens (tertiary/aromatic N) is 1. The van der Waals surface area contributed by atoms with E-state index >= 15 is 0 Å². The third kappa shape index (κ3) is 5.54. The van der Waals surface area contributed by atoms with Gasteiger partial charge < -0.3 is 5.11 Å². The molecule has 0 spiro atoms. The van der Waals surface area contributed by atoms with E-state index in [0.717, 1.165) is 30.8 Å². The highest BCUT2D eigenvalue weighted by atomic mass is 16.3. The fraction of sp³-hybridized carbons (Fsp3) is 0.625. The number of hydrogen-bond donors (Lipinski definition) is 1. The van der Waals surface area contributed by atoms with Crippen LogP contribution in [-0.4, -0.2) is 23.1 Å². The van der Waals surface area contributed by atoms with Gasteiger partial charge in [-0.15, -0.1) is 0 Å². The topological polar surface area (TPSA) is 23.5 Å². The maximum Gasteiger partial charge on any atom is 0.116 e. The lowest BCUT2D eigenvalue weighted by atomic mass is 10.1. The third-order valence-electron chi connectivity index (χ3n) is 3.09. The molecule has 2 nitrogen and oxygen atoms in total. The van der Waals surface area contributed by atoms with Crippen LogP contribution >= 0.6 is 0 Å². The molecule has 0 atom stereocenters. The molecule has 0 fully saturated rings. The molecule has 101 valence electrons. The van der Waals surface area contributed by atoms with E-state index in [1.54, 1.807) is 6.07 Å². The fourth-order valence-corrected chi connectivity index (χ4v) is 2.13. The van der Waals surface area contributed by atoms with Crippen LogP contribution in [0.25, 0.3) is 0 Å². The van der Waals surface area contributed by atoms with Gasteiger partial charge in [0.25, 0.3) is 0 Å². The van der Waals surface area contributed by atoms with E-state index in [1.165, 1.54) is 25.7 Å². The number of hydrogen-bond acceptors (Lipinski definition) is 2. The molecule has 0 aliphatic rings. The zero-order chi connectivity index (χ0) is 13.4. The minimum absolute atomic E-state index is 0.354. The van der Waals surface area contributed by atoms with Crippen molar-refractivity contribution in [1.29, 1.82) is 0 Å². The van der Waals surface area contributed by atoms with Gasteiger partial charge in [-0.1, -0.05) is 26.7 Å². The van der Waals surface area contributed by atoms with Crippen molar-refractivity contribution in [1.82, 2.24) is 4.90 Å². The summed E-state index contributed by atoms with van der Waals surface area (Å²) in [6.07, 6.45) is 4.93. The van der Waals surface area contributed by atoms with Gasteiger partial charge in [-0.3, -0.25) is 4.90 Å². The maximum atomic E-state index is 9.62. The number of phenolic OH excluding ortho intramolecular Hbond substituents is 1. The van der Waals surface area contributed by atoms with Crippen LogP contribution in [0.5, 0.6) is 5.75 Å². The molecule has 2 heteroatoms. The summed E-state index contributed by atoms with van der Waals surface area (Å²) in [7, 11) is 0. The van der Waals surface area contributed by atoms with Crippen LogP contribution in [0.3, 0.4) is 0 Å². The summed E-state index contributed by atoms with van der Waals surface area (Å²) in [4.78, 5) is 2.47. The SMILES string of the molecule is CCCCN(CCCC)Cc1[c]c(C)cc(O)c1. The van der Waals surface area contributed by atoms with Gasteiger partial charge in [-0.05, 0) is 62.2 Å².